The predicted molar refractivity (Wildman–Crippen MR) is 86.3 cm³/mol. The van der Waals surface area contributed by atoms with E-state index in [1.165, 1.54) is 24.1 Å². The molecule has 21 heavy (non-hydrogen) atoms. The molecular weight excluding hydrogens is 260 g/mol. The molecule has 2 N–H and O–H groups in total. The van der Waals surface area contributed by atoms with Crippen molar-refractivity contribution >= 4 is 0 Å². The van der Waals surface area contributed by atoms with Crippen LogP contribution in [0.4, 0.5) is 0 Å². The number of benzene rings is 1. The molecule has 1 aliphatic heterocycles. The number of hydrogen-bond donors (Lipinski definition) is 2. The number of nitrogens with one attached hydrogen (secondary N) is 1. The van der Waals surface area contributed by atoms with Crippen molar-refractivity contribution in [1.82, 2.24) is 10.2 Å². The number of rotatable bonds is 5. The predicted octanol–water partition coefficient (Wildman–Crippen LogP) is 2.35. The van der Waals surface area contributed by atoms with Crippen molar-refractivity contribution in [3.8, 4) is 0 Å². The largest absolute Gasteiger partial charge is 0.393 e. The summed E-state index contributed by atoms with van der Waals surface area (Å²) in [6.45, 7) is 5.54. The number of aliphatic hydroxyl groups is 1. The average Bonchev–Trinajstić information content (AvgIpc) is 3.04. The molecular formula is C18H28N2O. The maximum absolute atomic E-state index is 10.0. The van der Waals surface area contributed by atoms with Gasteiger partial charge in [-0.05, 0) is 51.3 Å². The first-order chi connectivity index (χ1) is 10.2. The van der Waals surface area contributed by atoms with Gasteiger partial charge >= 0.3 is 0 Å². The van der Waals surface area contributed by atoms with E-state index in [0.29, 0.717) is 12.0 Å². The normalized spacial score (nSPS) is 30.5. The van der Waals surface area contributed by atoms with Crippen molar-refractivity contribution in [1.29, 1.82) is 0 Å². The molecule has 116 valence electrons. The monoisotopic (exact) mass is 288 g/mol. The Morgan fingerprint density at radius 1 is 1.24 bits per heavy atom. The number of aryl methyl sites for hydroxylation is 1. The lowest BCUT2D eigenvalue weighted by Gasteiger charge is -2.22. The van der Waals surface area contributed by atoms with Crippen LogP contribution in [0.1, 0.15) is 36.4 Å². The Labute approximate surface area is 128 Å². The van der Waals surface area contributed by atoms with Gasteiger partial charge in [-0.25, -0.2) is 0 Å². The minimum Gasteiger partial charge on any atom is -0.393 e. The third-order valence-corrected chi connectivity index (χ3v) is 5.46. The van der Waals surface area contributed by atoms with E-state index in [2.05, 4.69) is 41.4 Å². The van der Waals surface area contributed by atoms with E-state index in [0.717, 1.165) is 31.8 Å². The topological polar surface area (TPSA) is 35.5 Å². The van der Waals surface area contributed by atoms with Crippen LogP contribution in [0, 0.1) is 18.8 Å². The van der Waals surface area contributed by atoms with Gasteiger partial charge in [0.05, 0.1) is 6.10 Å². The first-order valence-electron chi connectivity index (χ1n) is 8.31. The van der Waals surface area contributed by atoms with Crippen LogP contribution in [-0.2, 0) is 0 Å². The molecule has 0 aromatic heterocycles. The molecule has 1 aliphatic carbocycles. The minimum absolute atomic E-state index is 0.0443. The Kier molecular flexibility index (Phi) is 4.63. The van der Waals surface area contributed by atoms with Gasteiger partial charge in [0.25, 0.3) is 0 Å². The Morgan fingerprint density at radius 3 is 2.67 bits per heavy atom. The van der Waals surface area contributed by atoms with Gasteiger partial charge < -0.3 is 15.3 Å². The molecule has 1 heterocycles. The molecule has 1 aromatic carbocycles. The van der Waals surface area contributed by atoms with E-state index < -0.39 is 0 Å². The van der Waals surface area contributed by atoms with Gasteiger partial charge in [-0.2, -0.15) is 0 Å². The highest BCUT2D eigenvalue weighted by molar-refractivity contribution is 5.24. The molecule has 0 spiro atoms. The lowest BCUT2D eigenvalue weighted by Crippen LogP contribution is -2.29. The van der Waals surface area contributed by atoms with E-state index >= 15 is 0 Å². The average molecular weight is 288 g/mol. The molecule has 0 bridgehead atoms. The zero-order chi connectivity index (χ0) is 14.8. The zero-order valence-electron chi connectivity index (χ0n) is 13.3. The highest BCUT2D eigenvalue weighted by atomic mass is 16.3. The van der Waals surface area contributed by atoms with Gasteiger partial charge in [-0.15, -0.1) is 0 Å². The number of nitrogens with zero attached hydrogens (tertiary/aromatic N) is 1. The van der Waals surface area contributed by atoms with Crippen LogP contribution in [0.5, 0.6) is 0 Å². The zero-order valence-corrected chi connectivity index (χ0v) is 13.3. The highest BCUT2D eigenvalue weighted by Crippen LogP contribution is 2.38. The molecule has 0 radical (unpaired) electrons. The second-order valence-corrected chi connectivity index (χ2v) is 6.87. The fourth-order valence-electron chi connectivity index (χ4n) is 4.10. The van der Waals surface area contributed by atoms with Crippen LogP contribution in [0.2, 0.25) is 0 Å². The summed E-state index contributed by atoms with van der Waals surface area (Å²) in [7, 11) is 2.05. The second-order valence-electron chi connectivity index (χ2n) is 6.87. The Balaban J connectivity index is 1.53. The third-order valence-electron chi connectivity index (χ3n) is 5.46. The standard InChI is InChI=1S/C18H28N2O/c1-13-3-5-14(6-4-13)17(19-2)9-10-20-11-15-7-8-18(21)16(15)12-20/h3-6,15-19,21H,7-12H2,1-2H3. The number of hydrogen-bond acceptors (Lipinski definition) is 3. The maximum Gasteiger partial charge on any atom is 0.0583 e. The van der Waals surface area contributed by atoms with E-state index in [1.807, 2.05) is 7.05 Å². The van der Waals surface area contributed by atoms with E-state index in [-0.39, 0.29) is 6.10 Å². The summed E-state index contributed by atoms with van der Waals surface area (Å²) in [6.07, 6.45) is 3.33. The fraction of sp³-hybridized carbons (Fsp3) is 0.667. The fourth-order valence-corrected chi connectivity index (χ4v) is 4.10. The molecule has 0 amide bonds. The number of likely N-dealkylation sites (tertiary alicyclic amines) is 1. The molecule has 3 heteroatoms. The first kappa shape index (κ1) is 15.0. The molecule has 4 unspecified atom stereocenters. The summed E-state index contributed by atoms with van der Waals surface area (Å²) in [5, 5.41) is 13.5. The summed E-state index contributed by atoms with van der Waals surface area (Å²) >= 11 is 0. The summed E-state index contributed by atoms with van der Waals surface area (Å²) in [5.74, 6) is 1.28. The molecule has 2 aliphatic rings. The van der Waals surface area contributed by atoms with Gasteiger partial charge in [-0.1, -0.05) is 29.8 Å². The summed E-state index contributed by atoms with van der Waals surface area (Å²) < 4.78 is 0. The first-order valence-corrected chi connectivity index (χ1v) is 8.31. The summed E-state index contributed by atoms with van der Waals surface area (Å²) in [4.78, 5) is 2.55. The molecule has 2 fully saturated rings. The van der Waals surface area contributed by atoms with Crippen molar-refractivity contribution in [3.05, 3.63) is 35.4 Å². The Hall–Kier alpha value is -0.900. The molecule has 3 nitrogen and oxygen atoms in total. The van der Waals surface area contributed by atoms with Crippen molar-refractivity contribution in [2.24, 2.45) is 11.8 Å². The minimum atomic E-state index is -0.0443. The van der Waals surface area contributed by atoms with E-state index in [4.69, 9.17) is 0 Å². The van der Waals surface area contributed by atoms with Crippen molar-refractivity contribution in [2.45, 2.75) is 38.3 Å². The molecule has 1 aromatic rings. The highest BCUT2D eigenvalue weighted by Gasteiger charge is 2.41. The van der Waals surface area contributed by atoms with Gasteiger partial charge in [0, 0.05) is 25.0 Å². The third kappa shape index (κ3) is 3.31. The molecule has 1 saturated carbocycles. The lowest BCUT2D eigenvalue weighted by molar-refractivity contribution is 0.124. The lowest BCUT2D eigenvalue weighted by atomic mass is 10.00. The van der Waals surface area contributed by atoms with Crippen LogP contribution < -0.4 is 5.32 Å². The van der Waals surface area contributed by atoms with Crippen molar-refractivity contribution < 1.29 is 5.11 Å². The summed E-state index contributed by atoms with van der Waals surface area (Å²) in [5.41, 5.74) is 2.69. The van der Waals surface area contributed by atoms with Crippen LogP contribution >= 0.6 is 0 Å². The Morgan fingerprint density at radius 2 is 2.00 bits per heavy atom. The van der Waals surface area contributed by atoms with Crippen LogP contribution in [0.3, 0.4) is 0 Å². The van der Waals surface area contributed by atoms with Gasteiger partial charge in [-0.3, -0.25) is 0 Å². The van der Waals surface area contributed by atoms with E-state index in [1.54, 1.807) is 0 Å². The van der Waals surface area contributed by atoms with Gasteiger partial charge in [0.1, 0.15) is 0 Å². The van der Waals surface area contributed by atoms with Gasteiger partial charge in [0.2, 0.25) is 0 Å². The number of fused-ring (bicyclic) bond motifs is 1. The summed E-state index contributed by atoms with van der Waals surface area (Å²) in [6, 6.07) is 9.28. The maximum atomic E-state index is 10.0. The molecule has 3 rings (SSSR count). The molecule has 4 atom stereocenters. The quantitative estimate of drug-likeness (QED) is 0.873. The smallest absolute Gasteiger partial charge is 0.0583 e. The number of aliphatic hydroxyl groups excluding tert-OH is 1. The van der Waals surface area contributed by atoms with Crippen molar-refractivity contribution in [3.63, 3.8) is 0 Å². The Bertz CT molecular complexity index is 459. The van der Waals surface area contributed by atoms with Gasteiger partial charge in [0.15, 0.2) is 0 Å². The SMILES string of the molecule is CNC(CCN1CC2CCC(O)C2C1)c1ccc(C)cc1. The van der Waals surface area contributed by atoms with Crippen LogP contribution in [-0.4, -0.2) is 42.8 Å². The van der Waals surface area contributed by atoms with Crippen LogP contribution in [0.25, 0.3) is 0 Å². The van der Waals surface area contributed by atoms with Crippen LogP contribution in [0.15, 0.2) is 24.3 Å². The van der Waals surface area contributed by atoms with E-state index in [9.17, 15) is 5.11 Å². The molecule has 1 saturated heterocycles. The second kappa shape index (κ2) is 6.47. The van der Waals surface area contributed by atoms with Crippen molar-refractivity contribution in [2.75, 3.05) is 26.7 Å².